The number of hydrogen-bond donors (Lipinski definition) is 1. The van der Waals surface area contributed by atoms with Crippen molar-refractivity contribution in [3.8, 4) is 0 Å². The van der Waals surface area contributed by atoms with Crippen molar-refractivity contribution in [3.05, 3.63) is 60.2 Å². The maximum atomic E-state index is 13.2. The van der Waals surface area contributed by atoms with E-state index in [1.165, 1.54) is 12.1 Å². The first-order chi connectivity index (χ1) is 14.4. The van der Waals surface area contributed by atoms with Crippen molar-refractivity contribution in [1.82, 2.24) is 14.5 Å². The number of pyridine rings is 1. The zero-order chi connectivity index (χ0) is 21.3. The van der Waals surface area contributed by atoms with Crippen molar-refractivity contribution in [3.63, 3.8) is 0 Å². The predicted octanol–water partition coefficient (Wildman–Crippen LogP) is 4.12. The summed E-state index contributed by atoms with van der Waals surface area (Å²) in [5, 5.41) is 0.885. The van der Waals surface area contributed by atoms with E-state index in [-0.39, 0.29) is 17.2 Å². The summed E-state index contributed by atoms with van der Waals surface area (Å²) in [5.41, 5.74) is 8.32. The number of hydrogen-bond acceptors (Lipinski definition) is 5. The summed E-state index contributed by atoms with van der Waals surface area (Å²) in [6.45, 7) is 2.32. The molecule has 0 bridgehead atoms. The molecule has 4 rings (SSSR count). The van der Waals surface area contributed by atoms with E-state index in [0.717, 1.165) is 53.6 Å². The highest BCUT2D eigenvalue weighted by molar-refractivity contribution is 7.91. The summed E-state index contributed by atoms with van der Waals surface area (Å²) in [4.78, 5) is 9.27. The largest absolute Gasteiger partial charge is 0.382 e. The minimum atomic E-state index is -3.58. The Morgan fingerprint density at radius 2 is 1.80 bits per heavy atom. The molecule has 156 valence electrons. The van der Waals surface area contributed by atoms with Crippen LogP contribution in [0, 0.1) is 5.82 Å². The summed E-state index contributed by atoms with van der Waals surface area (Å²) in [7, 11) is -3.58. The molecule has 2 N–H and O–H groups in total. The summed E-state index contributed by atoms with van der Waals surface area (Å²) in [5.74, 6) is 0.540. The maximum absolute atomic E-state index is 13.2. The number of anilines is 1. The average molecular weight is 427 g/mol. The molecule has 0 unspecified atom stereocenters. The van der Waals surface area contributed by atoms with Gasteiger partial charge < -0.3 is 10.3 Å². The summed E-state index contributed by atoms with van der Waals surface area (Å²) >= 11 is 0. The molecular weight excluding hydrogens is 403 g/mol. The number of aromatic nitrogens is 3. The number of para-hydroxylation sites is 1. The molecule has 0 amide bonds. The number of aryl methyl sites for hydroxylation is 2. The Morgan fingerprint density at radius 3 is 2.53 bits per heavy atom. The van der Waals surface area contributed by atoms with Gasteiger partial charge in [-0.15, -0.1) is 0 Å². The van der Waals surface area contributed by atoms with E-state index in [4.69, 9.17) is 10.7 Å². The lowest BCUT2D eigenvalue weighted by Gasteiger charge is -2.11. The number of sulfone groups is 1. The smallest absolute Gasteiger partial charge is 0.180 e. The minimum absolute atomic E-state index is 0.106. The van der Waals surface area contributed by atoms with Crippen molar-refractivity contribution < 1.29 is 12.8 Å². The molecule has 2 heterocycles. The van der Waals surface area contributed by atoms with E-state index in [1.54, 1.807) is 0 Å². The minimum Gasteiger partial charge on any atom is -0.382 e. The first kappa shape index (κ1) is 20.3. The van der Waals surface area contributed by atoms with Gasteiger partial charge in [0.2, 0.25) is 0 Å². The van der Waals surface area contributed by atoms with E-state index in [9.17, 15) is 12.8 Å². The predicted molar refractivity (Wildman–Crippen MR) is 117 cm³/mol. The van der Waals surface area contributed by atoms with E-state index < -0.39 is 15.7 Å². The molecule has 30 heavy (non-hydrogen) atoms. The van der Waals surface area contributed by atoms with Crippen molar-refractivity contribution in [2.75, 3.05) is 11.5 Å². The average Bonchev–Trinajstić information content (AvgIpc) is 3.10. The molecule has 4 aromatic rings. The van der Waals surface area contributed by atoms with E-state index in [0.29, 0.717) is 11.3 Å². The lowest BCUT2D eigenvalue weighted by Crippen LogP contribution is -2.15. The Labute approximate surface area is 174 Å². The van der Waals surface area contributed by atoms with Crippen LogP contribution in [0.4, 0.5) is 10.2 Å². The third kappa shape index (κ3) is 3.75. The lowest BCUT2D eigenvalue weighted by atomic mass is 10.2. The molecule has 2 aromatic heterocycles. The Kier molecular flexibility index (Phi) is 5.42. The fraction of sp³-hybridized carbons (Fsp3) is 0.273. The number of rotatable bonds is 7. The van der Waals surface area contributed by atoms with Crippen LogP contribution in [0.2, 0.25) is 0 Å². The van der Waals surface area contributed by atoms with Gasteiger partial charge in [-0.05, 0) is 36.8 Å². The molecule has 0 saturated carbocycles. The van der Waals surface area contributed by atoms with Gasteiger partial charge in [0.25, 0.3) is 0 Å². The molecule has 8 heteroatoms. The highest BCUT2D eigenvalue weighted by Gasteiger charge is 2.20. The zero-order valence-corrected chi connectivity index (χ0v) is 17.5. The number of unbranched alkanes of at least 4 members (excludes halogenated alkanes) is 1. The third-order valence-electron chi connectivity index (χ3n) is 5.20. The fourth-order valence-electron chi connectivity index (χ4n) is 3.64. The lowest BCUT2D eigenvalue weighted by molar-refractivity contribution is 0.585. The SMILES string of the molecule is CCCCc1nc2c(N)nc3ccccc3c2n1CCS(=O)(=O)c1ccc(F)cc1. The van der Waals surface area contributed by atoms with Gasteiger partial charge in [0, 0.05) is 18.4 Å². The summed E-state index contributed by atoms with van der Waals surface area (Å²) in [6, 6.07) is 12.5. The van der Waals surface area contributed by atoms with Gasteiger partial charge >= 0.3 is 0 Å². The zero-order valence-electron chi connectivity index (χ0n) is 16.7. The molecule has 6 nitrogen and oxygen atoms in total. The third-order valence-corrected chi connectivity index (χ3v) is 6.91. The standard InChI is InChI=1S/C22H23FN4O2S/c1-2-3-8-19-26-20-21(17-6-4-5-7-18(17)25-22(20)24)27(19)13-14-30(28,29)16-11-9-15(23)10-12-16/h4-7,9-12H,2-3,8,13-14H2,1H3,(H2,24,25). The fourth-order valence-corrected chi connectivity index (χ4v) is 4.85. The maximum Gasteiger partial charge on any atom is 0.180 e. The van der Waals surface area contributed by atoms with Crippen molar-refractivity contribution in [1.29, 1.82) is 0 Å². The van der Waals surface area contributed by atoms with Crippen molar-refractivity contribution in [2.45, 2.75) is 37.6 Å². The molecule has 0 spiro atoms. The number of nitrogen functional groups attached to an aromatic ring is 1. The first-order valence-corrected chi connectivity index (χ1v) is 11.6. The van der Waals surface area contributed by atoms with Crippen molar-refractivity contribution in [2.24, 2.45) is 0 Å². The Balaban J connectivity index is 1.80. The molecule has 0 aliphatic rings. The quantitative estimate of drug-likeness (QED) is 0.449. The van der Waals surface area contributed by atoms with Crippen LogP contribution < -0.4 is 5.73 Å². The number of nitrogens with two attached hydrogens (primary N) is 1. The second-order valence-electron chi connectivity index (χ2n) is 7.27. The normalized spacial score (nSPS) is 12.1. The van der Waals surface area contributed by atoms with Gasteiger partial charge in [0.1, 0.15) is 17.2 Å². The van der Waals surface area contributed by atoms with E-state index >= 15 is 0 Å². The van der Waals surface area contributed by atoms with E-state index in [2.05, 4.69) is 11.9 Å². The van der Waals surface area contributed by atoms with E-state index in [1.807, 2.05) is 28.8 Å². The van der Waals surface area contributed by atoms with Crippen LogP contribution >= 0.6 is 0 Å². The van der Waals surface area contributed by atoms with Gasteiger partial charge in [-0.2, -0.15) is 0 Å². The second kappa shape index (κ2) is 8.02. The monoisotopic (exact) mass is 426 g/mol. The van der Waals surface area contributed by atoms with Crippen LogP contribution in [0.3, 0.4) is 0 Å². The first-order valence-electron chi connectivity index (χ1n) is 9.92. The molecule has 0 aliphatic carbocycles. The van der Waals surface area contributed by atoms with Crippen LogP contribution in [-0.2, 0) is 22.8 Å². The number of imidazole rings is 1. The van der Waals surface area contributed by atoms with Crippen molar-refractivity contribution >= 4 is 37.6 Å². The Bertz CT molecular complexity index is 1310. The topological polar surface area (TPSA) is 90.9 Å². The molecule has 2 aromatic carbocycles. The number of halogens is 1. The second-order valence-corrected chi connectivity index (χ2v) is 9.38. The van der Waals surface area contributed by atoms with Crippen LogP contribution in [0.1, 0.15) is 25.6 Å². The molecule has 0 saturated heterocycles. The van der Waals surface area contributed by atoms with Gasteiger partial charge in [0.15, 0.2) is 15.7 Å². The summed E-state index contributed by atoms with van der Waals surface area (Å²) < 4.78 is 40.8. The number of fused-ring (bicyclic) bond motifs is 3. The Morgan fingerprint density at radius 1 is 1.07 bits per heavy atom. The van der Waals surface area contributed by atoms with Crippen LogP contribution in [-0.4, -0.2) is 28.7 Å². The molecule has 0 radical (unpaired) electrons. The Hall–Kier alpha value is -3.00. The molecule has 0 aliphatic heterocycles. The number of nitrogens with zero attached hydrogens (tertiary/aromatic N) is 3. The molecule has 0 fully saturated rings. The van der Waals surface area contributed by atoms with Crippen LogP contribution in [0.25, 0.3) is 21.9 Å². The van der Waals surface area contributed by atoms with Gasteiger partial charge in [-0.3, -0.25) is 0 Å². The van der Waals surface area contributed by atoms with Crippen LogP contribution in [0.5, 0.6) is 0 Å². The van der Waals surface area contributed by atoms with Crippen LogP contribution in [0.15, 0.2) is 53.4 Å². The number of benzene rings is 2. The highest BCUT2D eigenvalue weighted by Crippen LogP contribution is 2.29. The molecule has 0 atom stereocenters. The van der Waals surface area contributed by atoms with Gasteiger partial charge in [-0.25, -0.2) is 22.8 Å². The summed E-state index contributed by atoms with van der Waals surface area (Å²) in [6.07, 6.45) is 2.64. The van der Waals surface area contributed by atoms with Gasteiger partial charge in [0.05, 0.1) is 21.7 Å². The highest BCUT2D eigenvalue weighted by atomic mass is 32.2. The van der Waals surface area contributed by atoms with Gasteiger partial charge in [-0.1, -0.05) is 31.5 Å². The molecular formula is C22H23FN4O2S.